The maximum Gasteiger partial charge on any atom is 0.326 e. The predicted octanol–water partition coefficient (Wildman–Crippen LogP) is 6.13. The number of ether oxygens (including phenoxy) is 4. The Labute approximate surface area is 473 Å². The highest BCUT2D eigenvalue weighted by atomic mass is 16.5. The van der Waals surface area contributed by atoms with Gasteiger partial charge in [-0.05, 0) is 51.4 Å². The molecular weight excluding hydrogens is 1040 g/mol. The van der Waals surface area contributed by atoms with Crippen LogP contribution < -0.4 is 21.3 Å². The molecule has 0 aliphatic heterocycles. The van der Waals surface area contributed by atoms with E-state index in [0.29, 0.717) is 25.8 Å². The van der Waals surface area contributed by atoms with Crippen LogP contribution in [0, 0.1) is 17.8 Å². The van der Waals surface area contributed by atoms with Gasteiger partial charge in [0.15, 0.2) is 5.78 Å². The quantitative estimate of drug-likeness (QED) is 0.0317. The molecule has 0 saturated carbocycles. The molecule has 0 bridgehead atoms. The summed E-state index contributed by atoms with van der Waals surface area (Å²) in [5.41, 5.74) is 0. The zero-order valence-corrected chi connectivity index (χ0v) is 48.0. The number of hydrogen-bond acceptors (Lipinski definition) is 15. The van der Waals surface area contributed by atoms with E-state index in [1.807, 2.05) is 13.8 Å². The van der Waals surface area contributed by atoms with E-state index in [-0.39, 0.29) is 140 Å². The van der Waals surface area contributed by atoms with Crippen LogP contribution in [0.3, 0.4) is 0 Å². The molecule has 0 rings (SSSR count). The molecule has 0 radical (unpaired) electrons. The predicted molar refractivity (Wildman–Crippen MR) is 296 cm³/mol. The lowest BCUT2D eigenvalue weighted by Crippen LogP contribution is -2.42. The van der Waals surface area contributed by atoms with Crippen molar-refractivity contribution in [2.24, 2.45) is 17.8 Å². The van der Waals surface area contributed by atoms with Crippen molar-refractivity contribution in [2.75, 3.05) is 72.5 Å². The van der Waals surface area contributed by atoms with Crippen LogP contribution in [0.2, 0.25) is 0 Å². The first-order valence-corrected chi connectivity index (χ1v) is 29.3. The molecule has 0 aromatic heterocycles. The maximum absolute atomic E-state index is 12.5. The van der Waals surface area contributed by atoms with Gasteiger partial charge in [0.05, 0.1) is 51.5 Å². The van der Waals surface area contributed by atoms with E-state index in [1.165, 1.54) is 38.5 Å². The first kappa shape index (κ1) is 74.6. The van der Waals surface area contributed by atoms with E-state index in [1.54, 1.807) is 0 Å². The molecule has 0 aliphatic carbocycles. The molecule has 4 amide bonds. The number of ketones is 3. The summed E-state index contributed by atoms with van der Waals surface area (Å²) in [4.78, 5) is 132. The molecule has 0 aromatic rings. The van der Waals surface area contributed by atoms with Crippen molar-refractivity contribution in [1.29, 1.82) is 0 Å². The van der Waals surface area contributed by atoms with Gasteiger partial charge in [0.2, 0.25) is 23.6 Å². The zero-order valence-electron chi connectivity index (χ0n) is 48.0. The second kappa shape index (κ2) is 50.6. The molecule has 0 spiro atoms. The Morgan fingerprint density at radius 3 is 1.30 bits per heavy atom. The average Bonchev–Trinajstić information content (AvgIpc) is 3.41. The van der Waals surface area contributed by atoms with Crippen LogP contribution in [0.4, 0.5) is 0 Å². The van der Waals surface area contributed by atoms with Crippen LogP contribution in [0.5, 0.6) is 0 Å². The van der Waals surface area contributed by atoms with Gasteiger partial charge in [-0.15, -0.1) is 0 Å². The summed E-state index contributed by atoms with van der Waals surface area (Å²) in [6.07, 6.45) is 17.6. The molecule has 0 heterocycles. The summed E-state index contributed by atoms with van der Waals surface area (Å²) in [7, 11) is 0. The number of carboxylic acid groups (broad SMARTS) is 4. The zero-order chi connectivity index (χ0) is 59.6. The largest absolute Gasteiger partial charge is 0.481 e. The second-order valence-corrected chi connectivity index (χ2v) is 20.3. The Hall–Kier alpha value is -5.39. The average molecular weight is 1140 g/mol. The Kier molecular flexibility index (Phi) is 47.2. The van der Waals surface area contributed by atoms with Gasteiger partial charge < -0.3 is 60.6 Å². The molecule has 0 unspecified atom stereocenters. The van der Waals surface area contributed by atoms with Crippen molar-refractivity contribution < 1.29 is 92.1 Å². The standard InChI is InChI=1S/C57H98N4O19/c1-3-43(49(64)4-2)21-19-20-30-58-51(66)29-26-48(57(75)76)61-52(67)28-25-45(56(73)74)40-47(63)41-79-37-35-78-34-32-60-53(68)42-80-38-36-77-33-31-59-50(65)27-24-44(55(71)72)39-46(62)22-17-15-13-11-9-7-5-6-8-10-12-14-16-18-23-54(69)70/h43-45,48H,3-42H2,1-2H3,(H,58,66)(H,59,65)(H,60,68)(H,61,67)(H,69,70)(H,71,72)(H,73,74)(H,75,76)/t43-,44+,45+,48-/m0/s1. The summed E-state index contributed by atoms with van der Waals surface area (Å²) in [6.45, 7) is 4.49. The minimum absolute atomic E-state index is 0.00240. The van der Waals surface area contributed by atoms with Crippen LogP contribution >= 0.6 is 0 Å². The molecule has 8 N–H and O–H groups in total. The Morgan fingerprint density at radius 1 is 0.375 bits per heavy atom. The highest BCUT2D eigenvalue weighted by Crippen LogP contribution is 2.19. The number of Topliss-reactive ketones (excluding diaryl/α,β-unsaturated/α-hetero) is 3. The number of amides is 4. The number of rotatable bonds is 58. The van der Waals surface area contributed by atoms with E-state index >= 15 is 0 Å². The van der Waals surface area contributed by atoms with Crippen LogP contribution in [0.25, 0.3) is 0 Å². The van der Waals surface area contributed by atoms with Gasteiger partial charge >= 0.3 is 23.9 Å². The molecule has 23 nitrogen and oxygen atoms in total. The van der Waals surface area contributed by atoms with Crippen molar-refractivity contribution in [3.8, 4) is 0 Å². The van der Waals surface area contributed by atoms with Crippen molar-refractivity contribution in [2.45, 2.75) is 206 Å². The molecule has 460 valence electrons. The summed E-state index contributed by atoms with van der Waals surface area (Å²) in [6, 6.07) is -1.38. The Morgan fingerprint density at radius 2 is 0.812 bits per heavy atom. The van der Waals surface area contributed by atoms with E-state index < -0.39 is 72.4 Å². The third kappa shape index (κ3) is 45.4. The molecule has 0 saturated heterocycles. The molecule has 23 heteroatoms. The number of carbonyl (C=O) groups is 11. The van der Waals surface area contributed by atoms with Crippen LogP contribution in [-0.4, -0.2) is 164 Å². The van der Waals surface area contributed by atoms with Crippen LogP contribution in [0.1, 0.15) is 200 Å². The van der Waals surface area contributed by atoms with Crippen molar-refractivity contribution >= 4 is 64.9 Å². The lowest BCUT2D eigenvalue weighted by Gasteiger charge is -2.16. The second-order valence-electron chi connectivity index (χ2n) is 20.3. The summed E-state index contributed by atoms with van der Waals surface area (Å²) in [5, 5.41) is 47.8. The van der Waals surface area contributed by atoms with E-state index in [2.05, 4.69) is 21.3 Å². The molecule has 0 aromatic carbocycles. The van der Waals surface area contributed by atoms with Crippen LogP contribution in [0.15, 0.2) is 0 Å². The topological polar surface area (TPSA) is 354 Å². The van der Waals surface area contributed by atoms with Gasteiger partial charge in [0.1, 0.15) is 30.8 Å². The van der Waals surface area contributed by atoms with E-state index in [0.717, 1.165) is 70.6 Å². The highest BCUT2D eigenvalue weighted by molar-refractivity contribution is 5.87. The monoisotopic (exact) mass is 1140 g/mol. The van der Waals surface area contributed by atoms with Gasteiger partial charge in [0, 0.05) is 76.9 Å². The van der Waals surface area contributed by atoms with Crippen LogP contribution in [-0.2, 0) is 71.7 Å². The summed E-state index contributed by atoms with van der Waals surface area (Å²) >= 11 is 0. The lowest BCUT2D eigenvalue weighted by molar-refractivity contribution is -0.145. The Bertz CT molecular complexity index is 1800. The number of unbranched alkanes of at least 4 members (excludes halogenated alkanes) is 14. The minimum atomic E-state index is -1.38. The van der Waals surface area contributed by atoms with Gasteiger partial charge in [-0.2, -0.15) is 0 Å². The highest BCUT2D eigenvalue weighted by Gasteiger charge is 2.26. The first-order chi connectivity index (χ1) is 38.4. The summed E-state index contributed by atoms with van der Waals surface area (Å²) in [5.74, 6) is -8.92. The van der Waals surface area contributed by atoms with Crippen molar-refractivity contribution in [1.82, 2.24) is 21.3 Å². The number of nitrogens with one attached hydrogen (secondary N) is 4. The van der Waals surface area contributed by atoms with Crippen molar-refractivity contribution in [3.63, 3.8) is 0 Å². The Balaban J connectivity index is 3.98. The fourth-order valence-corrected chi connectivity index (χ4v) is 8.63. The first-order valence-electron chi connectivity index (χ1n) is 29.3. The molecule has 4 atom stereocenters. The number of hydrogen-bond donors (Lipinski definition) is 8. The number of carboxylic acids is 4. The fraction of sp³-hybridized carbons (Fsp3) is 0.807. The van der Waals surface area contributed by atoms with E-state index in [4.69, 9.17) is 24.1 Å². The number of carbonyl (C=O) groups excluding carboxylic acids is 7. The molecular formula is C57H98N4O19. The SMILES string of the molecule is CCC(=O)[C@@H](CC)CCCCNC(=O)CC[C@H](NC(=O)CC[C@H](CC(=O)COCCOCCNC(=O)COCCOCCNC(=O)CC[C@H](CC(=O)CCCCCCCCCCCCCCCCC(=O)O)C(=O)O)C(=O)O)C(=O)O. The third-order valence-corrected chi connectivity index (χ3v) is 13.5. The smallest absolute Gasteiger partial charge is 0.326 e. The van der Waals surface area contributed by atoms with Gasteiger partial charge in [0.25, 0.3) is 0 Å². The normalized spacial score (nSPS) is 12.6. The lowest BCUT2D eigenvalue weighted by atomic mass is 9.93. The van der Waals surface area contributed by atoms with E-state index in [9.17, 15) is 68.1 Å². The maximum atomic E-state index is 12.5. The fourth-order valence-electron chi connectivity index (χ4n) is 8.63. The molecule has 0 fully saturated rings. The van der Waals surface area contributed by atoms with Crippen molar-refractivity contribution in [3.05, 3.63) is 0 Å². The van der Waals surface area contributed by atoms with Gasteiger partial charge in [-0.25, -0.2) is 4.79 Å². The molecule has 0 aliphatic rings. The molecule has 80 heavy (non-hydrogen) atoms. The summed E-state index contributed by atoms with van der Waals surface area (Å²) < 4.78 is 21.3. The minimum Gasteiger partial charge on any atom is -0.481 e. The number of aliphatic carboxylic acids is 4. The van der Waals surface area contributed by atoms with Gasteiger partial charge in [-0.1, -0.05) is 97.3 Å². The van der Waals surface area contributed by atoms with Gasteiger partial charge in [-0.3, -0.25) is 47.9 Å². The third-order valence-electron chi connectivity index (χ3n) is 13.5.